The fraction of sp³-hybridized carbons (Fsp3) is 0.222. The SMILES string of the molecule is O=C(CCc1nc2ccccc2[nH]1)NCc1nnc2c(C(F)(F)F)cccn12. The van der Waals surface area contributed by atoms with Gasteiger partial charge in [0.1, 0.15) is 11.4 Å². The molecule has 3 heterocycles. The van der Waals surface area contributed by atoms with Crippen molar-refractivity contribution in [2.24, 2.45) is 0 Å². The highest BCUT2D eigenvalue weighted by Crippen LogP contribution is 2.31. The molecule has 3 aromatic heterocycles. The highest BCUT2D eigenvalue weighted by Gasteiger charge is 2.34. The van der Waals surface area contributed by atoms with E-state index in [4.69, 9.17) is 0 Å². The molecule has 1 aromatic carbocycles. The third kappa shape index (κ3) is 3.53. The average molecular weight is 388 g/mol. The number of pyridine rings is 1. The van der Waals surface area contributed by atoms with E-state index in [1.54, 1.807) is 0 Å². The lowest BCUT2D eigenvalue weighted by Gasteiger charge is -2.08. The third-order valence-electron chi connectivity index (χ3n) is 4.28. The predicted octanol–water partition coefficient (Wildman–Crippen LogP) is 2.87. The molecule has 144 valence electrons. The first-order valence-electron chi connectivity index (χ1n) is 8.52. The molecule has 4 rings (SSSR count). The standard InChI is InChI=1S/C18H15F3N6O/c19-18(20,21)11-4-3-9-27-15(25-26-17(11)27)10-22-16(28)8-7-14-23-12-5-1-2-6-13(12)24-14/h1-6,9H,7-8,10H2,(H,22,28)(H,23,24). The number of aromatic nitrogens is 5. The highest BCUT2D eigenvalue weighted by molar-refractivity contribution is 5.77. The first kappa shape index (κ1) is 18.0. The van der Waals surface area contributed by atoms with Crippen LogP contribution in [0.2, 0.25) is 0 Å². The molecule has 0 fully saturated rings. The zero-order valence-corrected chi connectivity index (χ0v) is 14.5. The van der Waals surface area contributed by atoms with Gasteiger partial charge in [0, 0.05) is 19.0 Å². The Morgan fingerprint density at radius 2 is 1.96 bits per heavy atom. The van der Waals surface area contributed by atoms with Crippen LogP contribution in [0, 0.1) is 0 Å². The van der Waals surface area contributed by atoms with E-state index in [-0.39, 0.29) is 30.3 Å². The lowest BCUT2D eigenvalue weighted by Crippen LogP contribution is -2.24. The summed E-state index contributed by atoms with van der Waals surface area (Å²) in [5, 5.41) is 10.0. The van der Waals surface area contributed by atoms with Gasteiger partial charge in [0.25, 0.3) is 0 Å². The van der Waals surface area contributed by atoms with Gasteiger partial charge >= 0.3 is 6.18 Å². The minimum Gasteiger partial charge on any atom is -0.349 e. The van der Waals surface area contributed by atoms with Gasteiger partial charge in [-0.05, 0) is 24.3 Å². The topological polar surface area (TPSA) is 88.0 Å². The van der Waals surface area contributed by atoms with Crippen LogP contribution in [0.3, 0.4) is 0 Å². The molecule has 4 aromatic rings. The van der Waals surface area contributed by atoms with Crippen LogP contribution < -0.4 is 5.32 Å². The van der Waals surface area contributed by atoms with Gasteiger partial charge < -0.3 is 10.3 Å². The van der Waals surface area contributed by atoms with Crippen LogP contribution in [0.15, 0.2) is 42.6 Å². The molecule has 1 amide bonds. The fourth-order valence-electron chi connectivity index (χ4n) is 2.93. The maximum Gasteiger partial charge on any atom is 0.420 e. The number of amides is 1. The van der Waals surface area contributed by atoms with Crippen LogP contribution >= 0.6 is 0 Å². The average Bonchev–Trinajstić information content (AvgIpc) is 3.27. The second-order valence-electron chi connectivity index (χ2n) is 6.21. The molecule has 28 heavy (non-hydrogen) atoms. The van der Waals surface area contributed by atoms with E-state index in [9.17, 15) is 18.0 Å². The Morgan fingerprint density at radius 1 is 1.14 bits per heavy atom. The molecule has 0 spiro atoms. The van der Waals surface area contributed by atoms with Gasteiger partial charge in [-0.2, -0.15) is 13.2 Å². The summed E-state index contributed by atoms with van der Waals surface area (Å²) in [4.78, 5) is 19.6. The summed E-state index contributed by atoms with van der Waals surface area (Å²) in [6.07, 6.45) is -2.49. The van der Waals surface area contributed by atoms with Gasteiger partial charge in [0.05, 0.1) is 17.6 Å². The van der Waals surface area contributed by atoms with Crippen molar-refractivity contribution in [3.63, 3.8) is 0 Å². The number of nitrogens with one attached hydrogen (secondary N) is 2. The number of halogens is 3. The smallest absolute Gasteiger partial charge is 0.349 e. The van der Waals surface area contributed by atoms with Gasteiger partial charge in [0.2, 0.25) is 5.91 Å². The Bertz CT molecular complexity index is 1110. The predicted molar refractivity (Wildman–Crippen MR) is 94.3 cm³/mol. The monoisotopic (exact) mass is 388 g/mol. The van der Waals surface area contributed by atoms with E-state index in [2.05, 4.69) is 25.5 Å². The molecule has 0 unspecified atom stereocenters. The molecule has 0 bridgehead atoms. The molecule has 0 saturated carbocycles. The number of hydrogen-bond acceptors (Lipinski definition) is 4. The number of imidazole rings is 1. The molecule has 0 radical (unpaired) electrons. The zero-order valence-electron chi connectivity index (χ0n) is 14.5. The number of benzene rings is 1. The van der Waals surface area contributed by atoms with E-state index in [0.29, 0.717) is 12.2 Å². The van der Waals surface area contributed by atoms with Gasteiger partial charge in [-0.15, -0.1) is 10.2 Å². The minimum absolute atomic E-state index is 0.0263. The molecule has 7 nitrogen and oxygen atoms in total. The number of aryl methyl sites for hydroxylation is 1. The molecule has 0 aliphatic heterocycles. The molecule has 0 saturated heterocycles. The fourth-order valence-corrected chi connectivity index (χ4v) is 2.93. The van der Waals surface area contributed by atoms with Crippen molar-refractivity contribution in [1.82, 2.24) is 29.9 Å². The number of para-hydroxylation sites is 2. The van der Waals surface area contributed by atoms with Crippen molar-refractivity contribution in [1.29, 1.82) is 0 Å². The van der Waals surface area contributed by atoms with Gasteiger partial charge in [-0.1, -0.05) is 12.1 Å². The molecular formula is C18H15F3N6O. The van der Waals surface area contributed by atoms with Gasteiger partial charge in [-0.3, -0.25) is 9.20 Å². The van der Waals surface area contributed by atoms with E-state index in [0.717, 1.165) is 17.1 Å². The Labute approximate surface area is 156 Å². The van der Waals surface area contributed by atoms with Crippen LogP contribution in [0.1, 0.15) is 23.6 Å². The lowest BCUT2D eigenvalue weighted by atomic mass is 10.2. The third-order valence-corrected chi connectivity index (χ3v) is 4.28. The van der Waals surface area contributed by atoms with Crippen LogP contribution in [-0.4, -0.2) is 30.5 Å². The minimum atomic E-state index is -4.53. The number of alkyl halides is 3. The van der Waals surface area contributed by atoms with E-state index < -0.39 is 11.7 Å². The second-order valence-corrected chi connectivity index (χ2v) is 6.21. The summed E-state index contributed by atoms with van der Waals surface area (Å²) in [6.45, 7) is -0.0263. The van der Waals surface area contributed by atoms with Gasteiger partial charge in [-0.25, -0.2) is 4.98 Å². The number of aromatic amines is 1. The Hall–Kier alpha value is -3.43. The van der Waals surface area contributed by atoms with Crippen LogP contribution in [0.5, 0.6) is 0 Å². The summed E-state index contributed by atoms with van der Waals surface area (Å²) in [7, 11) is 0. The molecule has 2 N–H and O–H groups in total. The first-order chi connectivity index (χ1) is 13.4. The molecular weight excluding hydrogens is 373 g/mol. The molecule has 0 aliphatic carbocycles. The number of rotatable bonds is 5. The number of hydrogen-bond donors (Lipinski definition) is 2. The zero-order chi connectivity index (χ0) is 19.7. The second kappa shape index (κ2) is 6.95. The quantitative estimate of drug-likeness (QED) is 0.550. The largest absolute Gasteiger partial charge is 0.420 e. The van der Waals surface area contributed by atoms with Crippen molar-refractivity contribution in [2.75, 3.05) is 0 Å². The Morgan fingerprint density at radius 3 is 2.75 bits per heavy atom. The van der Waals surface area contributed by atoms with Crippen LogP contribution in [0.25, 0.3) is 16.7 Å². The van der Waals surface area contributed by atoms with Gasteiger partial charge in [0.15, 0.2) is 11.5 Å². The maximum atomic E-state index is 13.0. The molecule has 0 atom stereocenters. The van der Waals surface area contributed by atoms with Crippen LogP contribution in [-0.2, 0) is 23.9 Å². The number of fused-ring (bicyclic) bond motifs is 2. The number of nitrogens with zero attached hydrogens (tertiary/aromatic N) is 4. The highest BCUT2D eigenvalue weighted by atomic mass is 19.4. The Kier molecular flexibility index (Phi) is 4.46. The molecule has 10 heteroatoms. The number of H-pyrrole nitrogens is 1. The van der Waals surface area contributed by atoms with E-state index in [1.807, 2.05) is 24.3 Å². The van der Waals surface area contributed by atoms with Crippen LogP contribution in [0.4, 0.5) is 13.2 Å². The van der Waals surface area contributed by atoms with Crippen molar-refractivity contribution in [3.05, 3.63) is 59.8 Å². The maximum absolute atomic E-state index is 13.0. The number of carbonyl (C=O) groups is 1. The van der Waals surface area contributed by atoms with E-state index >= 15 is 0 Å². The normalized spacial score (nSPS) is 12.0. The van der Waals surface area contributed by atoms with Crippen molar-refractivity contribution in [2.45, 2.75) is 25.6 Å². The Balaban J connectivity index is 1.39. The van der Waals surface area contributed by atoms with Crippen molar-refractivity contribution >= 4 is 22.6 Å². The summed E-state index contributed by atoms with van der Waals surface area (Å²) in [6, 6.07) is 9.77. The first-order valence-corrected chi connectivity index (χ1v) is 8.52. The molecule has 0 aliphatic rings. The van der Waals surface area contributed by atoms with E-state index in [1.165, 1.54) is 16.7 Å². The summed E-state index contributed by atoms with van der Waals surface area (Å²) >= 11 is 0. The lowest BCUT2D eigenvalue weighted by molar-refractivity contribution is -0.136. The van der Waals surface area contributed by atoms with Crippen molar-refractivity contribution < 1.29 is 18.0 Å². The summed E-state index contributed by atoms with van der Waals surface area (Å²) in [5.74, 6) is 0.654. The summed E-state index contributed by atoms with van der Waals surface area (Å²) < 4.78 is 40.3. The number of carbonyl (C=O) groups excluding carboxylic acids is 1. The van der Waals surface area contributed by atoms with Crippen molar-refractivity contribution in [3.8, 4) is 0 Å². The summed E-state index contributed by atoms with van der Waals surface area (Å²) in [5.41, 5.74) is 0.563.